The molecule has 298 valence electrons. The standard InChI is InChI=1S/C46H46N3O6PS2/c1-53-40-29-34(55-33-23-24-38-41(30-33)58-45(48-38)44-49-39(31-57-44)46(52)54-2)28-32(43(40)51)22-25-42(50)47-26-14-3-4-15-27-56(35-16-8-5-9-17-35,36-18-10-6-11-19-36)37-20-12-7-13-21-37/h5-13,16-21,23-24,28-30,39H,3-4,14-15,22,25-27,31H2,1-2H3,(H-,47,50,51)/p+1/t39-/m1/s1. The van der Waals surface area contributed by atoms with E-state index in [0.29, 0.717) is 35.8 Å². The number of phenolic OH excluding ortho intramolecular Hbond substituents is 1. The second-order valence-electron chi connectivity index (χ2n) is 14.0. The molecule has 0 fully saturated rings. The smallest absolute Gasteiger partial charge is 0.331 e. The zero-order valence-corrected chi connectivity index (χ0v) is 35.2. The maximum Gasteiger partial charge on any atom is 0.331 e. The van der Waals surface area contributed by atoms with Crippen molar-refractivity contribution in [1.82, 2.24) is 10.3 Å². The molecule has 0 unspecified atom stereocenters. The molecular weight excluding hydrogens is 786 g/mol. The Balaban J connectivity index is 0.912. The summed E-state index contributed by atoms with van der Waals surface area (Å²) in [6.07, 6.45) is 5.71. The molecule has 5 aromatic carbocycles. The number of hydrogen-bond acceptors (Lipinski definition) is 10. The Bertz CT molecular complexity index is 2260. The summed E-state index contributed by atoms with van der Waals surface area (Å²) in [5.74, 6) is 1.43. The molecule has 12 heteroatoms. The van der Waals surface area contributed by atoms with Crippen LogP contribution in [0.5, 0.6) is 23.0 Å². The van der Waals surface area contributed by atoms with Crippen LogP contribution in [-0.2, 0) is 20.7 Å². The molecule has 1 aliphatic heterocycles. The van der Waals surface area contributed by atoms with Gasteiger partial charge in [-0.25, -0.2) is 9.78 Å². The van der Waals surface area contributed by atoms with Gasteiger partial charge in [-0.2, -0.15) is 0 Å². The van der Waals surface area contributed by atoms with Gasteiger partial charge in [0, 0.05) is 36.4 Å². The van der Waals surface area contributed by atoms with E-state index < -0.39 is 13.3 Å². The molecule has 1 amide bonds. The van der Waals surface area contributed by atoms with E-state index in [2.05, 4.69) is 101 Å². The molecule has 1 aromatic heterocycles. The Labute approximate surface area is 348 Å². The zero-order valence-electron chi connectivity index (χ0n) is 32.6. The van der Waals surface area contributed by atoms with Crippen molar-refractivity contribution in [1.29, 1.82) is 0 Å². The number of nitrogens with one attached hydrogen (secondary N) is 1. The molecule has 1 aliphatic rings. The van der Waals surface area contributed by atoms with E-state index >= 15 is 0 Å². The highest BCUT2D eigenvalue weighted by molar-refractivity contribution is 8.15. The largest absolute Gasteiger partial charge is 0.504 e. The molecule has 0 saturated carbocycles. The van der Waals surface area contributed by atoms with Crippen LogP contribution < -0.4 is 30.7 Å². The predicted octanol–water partition coefficient (Wildman–Crippen LogP) is 8.44. The first-order valence-electron chi connectivity index (χ1n) is 19.5. The number of unbranched alkanes of at least 4 members (excludes halogenated alkanes) is 3. The topological polar surface area (TPSA) is 119 Å². The number of phenols is 1. The summed E-state index contributed by atoms with van der Waals surface area (Å²) < 4.78 is 17.4. The Morgan fingerprint density at radius 2 is 1.47 bits per heavy atom. The van der Waals surface area contributed by atoms with Crippen LogP contribution in [-0.4, -0.2) is 65.7 Å². The number of amides is 1. The fraction of sp³-hybridized carbons (Fsp3) is 0.261. The summed E-state index contributed by atoms with van der Waals surface area (Å²) >= 11 is 2.96. The highest BCUT2D eigenvalue weighted by Gasteiger charge is 2.44. The van der Waals surface area contributed by atoms with Gasteiger partial charge < -0.3 is 24.6 Å². The number of thiazole rings is 1. The van der Waals surface area contributed by atoms with E-state index in [1.165, 1.54) is 53.2 Å². The lowest BCUT2D eigenvalue weighted by Gasteiger charge is -2.27. The minimum absolute atomic E-state index is 0.00859. The van der Waals surface area contributed by atoms with E-state index in [1.54, 1.807) is 12.1 Å². The number of rotatable bonds is 18. The minimum atomic E-state index is -1.84. The number of aryl methyl sites for hydroxylation is 1. The number of aromatic hydroxyl groups is 1. The summed E-state index contributed by atoms with van der Waals surface area (Å²) in [7, 11) is 1.01. The molecule has 6 aromatic rings. The van der Waals surface area contributed by atoms with Crippen molar-refractivity contribution in [2.75, 3.05) is 32.7 Å². The number of methoxy groups -OCH3 is 2. The molecular formula is C46H47N3O6PS2+. The molecule has 0 spiro atoms. The Hall–Kier alpha value is -5.22. The van der Waals surface area contributed by atoms with Gasteiger partial charge in [0.25, 0.3) is 0 Å². The maximum absolute atomic E-state index is 12.9. The average Bonchev–Trinajstić information content (AvgIpc) is 3.94. The van der Waals surface area contributed by atoms with Crippen molar-refractivity contribution in [2.45, 2.75) is 44.6 Å². The first-order valence-corrected chi connectivity index (χ1v) is 23.2. The molecule has 0 radical (unpaired) electrons. The van der Waals surface area contributed by atoms with Crippen molar-refractivity contribution in [3.63, 3.8) is 0 Å². The second kappa shape index (κ2) is 19.5. The Kier molecular flexibility index (Phi) is 13.8. The van der Waals surface area contributed by atoms with E-state index in [1.807, 2.05) is 18.2 Å². The van der Waals surface area contributed by atoms with Crippen molar-refractivity contribution in [3.8, 4) is 23.0 Å². The number of aromatic nitrogens is 1. The lowest BCUT2D eigenvalue weighted by Crippen LogP contribution is -2.33. The second-order valence-corrected chi connectivity index (χ2v) is 19.6. The lowest BCUT2D eigenvalue weighted by atomic mass is 10.1. The summed E-state index contributed by atoms with van der Waals surface area (Å²) in [5, 5.41) is 19.7. The van der Waals surface area contributed by atoms with Gasteiger partial charge in [-0.1, -0.05) is 61.0 Å². The monoisotopic (exact) mass is 832 g/mol. The molecule has 1 atom stereocenters. The summed E-state index contributed by atoms with van der Waals surface area (Å²) in [5.41, 5.74) is 1.36. The van der Waals surface area contributed by atoms with Gasteiger partial charge in [0.2, 0.25) is 5.91 Å². The van der Waals surface area contributed by atoms with Crippen molar-refractivity contribution in [2.24, 2.45) is 4.99 Å². The minimum Gasteiger partial charge on any atom is -0.504 e. The number of nitrogens with zero attached hydrogens (tertiary/aromatic N) is 2. The van der Waals surface area contributed by atoms with Gasteiger partial charge in [0.1, 0.15) is 44.7 Å². The number of carbonyl (C=O) groups is 2. The van der Waals surface area contributed by atoms with Gasteiger partial charge in [-0.3, -0.25) is 9.79 Å². The van der Waals surface area contributed by atoms with Crippen LogP contribution in [0.4, 0.5) is 0 Å². The van der Waals surface area contributed by atoms with Gasteiger partial charge in [0.15, 0.2) is 17.5 Å². The van der Waals surface area contributed by atoms with Crippen LogP contribution >= 0.6 is 30.4 Å². The van der Waals surface area contributed by atoms with Crippen LogP contribution in [0.2, 0.25) is 0 Å². The first-order chi connectivity index (χ1) is 28.4. The fourth-order valence-electron chi connectivity index (χ4n) is 7.26. The van der Waals surface area contributed by atoms with Gasteiger partial charge >= 0.3 is 5.97 Å². The van der Waals surface area contributed by atoms with E-state index in [9.17, 15) is 14.7 Å². The molecule has 0 bridgehead atoms. The highest BCUT2D eigenvalue weighted by Crippen LogP contribution is 2.56. The number of benzene rings is 5. The van der Waals surface area contributed by atoms with E-state index in [-0.39, 0.29) is 29.8 Å². The SMILES string of the molecule is COC(=O)[C@H]1CSC(c2nc3ccc(Oc4cc(CCC(=O)NCCCCCC[P+](c5ccccc5)(c5ccccc5)c5ccccc5)c(O)c(OC)c4)cc3s2)=N1. The molecule has 0 aliphatic carbocycles. The van der Waals surface area contributed by atoms with E-state index in [0.717, 1.165) is 52.1 Å². The summed E-state index contributed by atoms with van der Waals surface area (Å²) in [4.78, 5) is 34.1. The normalized spacial score (nSPS) is 13.9. The quantitative estimate of drug-likeness (QED) is 0.0504. The van der Waals surface area contributed by atoms with Gasteiger partial charge in [-0.15, -0.1) is 23.1 Å². The number of hydrogen-bond donors (Lipinski definition) is 2. The highest BCUT2D eigenvalue weighted by atomic mass is 32.2. The lowest BCUT2D eigenvalue weighted by molar-refractivity contribution is -0.141. The molecule has 9 nitrogen and oxygen atoms in total. The third-order valence-electron chi connectivity index (χ3n) is 10.2. The van der Waals surface area contributed by atoms with Gasteiger partial charge in [-0.05, 0) is 80.3 Å². The fourth-order valence-corrected chi connectivity index (χ4v) is 13.8. The van der Waals surface area contributed by atoms with Crippen LogP contribution in [0.25, 0.3) is 10.2 Å². The first kappa shape index (κ1) is 41.0. The Morgan fingerprint density at radius 1 is 0.810 bits per heavy atom. The maximum atomic E-state index is 12.9. The average molecular weight is 833 g/mol. The van der Waals surface area contributed by atoms with Gasteiger partial charge in [0.05, 0.1) is 30.6 Å². The van der Waals surface area contributed by atoms with E-state index in [4.69, 9.17) is 19.2 Å². The van der Waals surface area contributed by atoms with Crippen LogP contribution in [0, 0.1) is 0 Å². The molecule has 2 heterocycles. The van der Waals surface area contributed by atoms with Crippen molar-refractivity contribution < 1.29 is 28.9 Å². The third-order valence-corrected chi connectivity index (χ3v) is 16.9. The predicted molar refractivity (Wildman–Crippen MR) is 239 cm³/mol. The molecule has 7 rings (SSSR count). The van der Waals surface area contributed by atoms with Crippen molar-refractivity contribution in [3.05, 3.63) is 132 Å². The number of fused-ring (bicyclic) bond motifs is 1. The zero-order chi connectivity index (χ0) is 40.3. The number of ether oxygens (including phenoxy) is 3. The summed E-state index contributed by atoms with van der Waals surface area (Å²) in [6.45, 7) is 0.604. The molecule has 2 N–H and O–H groups in total. The number of thioether (sulfide) groups is 1. The number of carbonyl (C=O) groups excluding carboxylic acids is 2. The Morgan fingerprint density at radius 3 is 2.10 bits per heavy atom. The van der Waals surface area contributed by atoms with Crippen LogP contribution in [0.15, 0.2) is 126 Å². The number of esters is 1. The third kappa shape index (κ3) is 9.55. The number of aliphatic imine (C=N–C) groups is 1. The molecule has 58 heavy (non-hydrogen) atoms. The van der Waals surface area contributed by atoms with Crippen molar-refractivity contribution >= 4 is 73.4 Å². The summed E-state index contributed by atoms with van der Waals surface area (Å²) in [6, 6.07) is 41.4. The van der Waals surface area contributed by atoms with Crippen LogP contribution in [0.3, 0.4) is 0 Å². The molecule has 0 saturated heterocycles. The van der Waals surface area contributed by atoms with Crippen LogP contribution in [0.1, 0.15) is 42.7 Å².